The number of halogens is 3. The smallest absolute Gasteiger partial charge is 0.416 e. The van der Waals surface area contributed by atoms with Gasteiger partial charge >= 0.3 is 12.1 Å². The summed E-state index contributed by atoms with van der Waals surface area (Å²) in [6, 6.07) is 3.82. The number of aliphatic carboxylic acids is 1. The SMILES string of the molecule is CC(C(=O)O)N(C)C(=O)C1CC1c1ccc(C(F)(F)F)cc1. The Bertz CT molecular complexity index is 583. The van der Waals surface area contributed by atoms with Gasteiger partial charge in [-0.15, -0.1) is 0 Å². The Morgan fingerprint density at radius 3 is 2.27 bits per heavy atom. The Labute approximate surface area is 125 Å². The first-order valence-corrected chi connectivity index (χ1v) is 6.79. The Kier molecular flexibility index (Phi) is 4.17. The van der Waals surface area contributed by atoms with Gasteiger partial charge in [0.15, 0.2) is 0 Å². The van der Waals surface area contributed by atoms with Crippen LogP contribution in [0.3, 0.4) is 0 Å². The van der Waals surface area contributed by atoms with Crippen LogP contribution in [0.5, 0.6) is 0 Å². The zero-order chi connectivity index (χ0) is 16.7. The van der Waals surface area contributed by atoms with Crippen LogP contribution in [0.25, 0.3) is 0 Å². The molecule has 4 nitrogen and oxygen atoms in total. The molecule has 1 saturated carbocycles. The maximum absolute atomic E-state index is 12.5. The van der Waals surface area contributed by atoms with Crippen LogP contribution < -0.4 is 0 Å². The van der Waals surface area contributed by atoms with Crippen LogP contribution >= 0.6 is 0 Å². The second-order valence-corrected chi connectivity index (χ2v) is 5.53. The van der Waals surface area contributed by atoms with E-state index in [9.17, 15) is 22.8 Å². The van der Waals surface area contributed by atoms with Crippen LogP contribution in [0.15, 0.2) is 24.3 Å². The lowest BCUT2D eigenvalue weighted by Crippen LogP contribution is -2.41. The molecule has 7 heteroatoms. The molecule has 3 atom stereocenters. The number of rotatable bonds is 4. The molecule has 1 N–H and O–H groups in total. The van der Waals surface area contributed by atoms with Gasteiger partial charge in [0.25, 0.3) is 0 Å². The molecule has 1 amide bonds. The number of carboxylic acids is 1. The van der Waals surface area contributed by atoms with Crippen LogP contribution in [0.2, 0.25) is 0 Å². The predicted octanol–water partition coefficient (Wildman–Crippen LogP) is 2.74. The largest absolute Gasteiger partial charge is 0.480 e. The summed E-state index contributed by atoms with van der Waals surface area (Å²) in [7, 11) is 1.42. The minimum atomic E-state index is -4.38. The number of benzene rings is 1. The lowest BCUT2D eigenvalue weighted by Gasteiger charge is -2.21. The minimum absolute atomic E-state index is 0.141. The van der Waals surface area contributed by atoms with Crippen molar-refractivity contribution in [3.8, 4) is 0 Å². The van der Waals surface area contributed by atoms with Crippen molar-refractivity contribution in [3.63, 3.8) is 0 Å². The summed E-state index contributed by atoms with van der Waals surface area (Å²) in [6.07, 6.45) is -3.85. The number of carbonyl (C=O) groups is 2. The number of carbonyl (C=O) groups excluding carboxylic acids is 1. The minimum Gasteiger partial charge on any atom is -0.480 e. The van der Waals surface area contributed by atoms with E-state index in [1.54, 1.807) is 0 Å². The van der Waals surface area contributed by atoms with E-state index in [-0.39, 0.29) is 17.7 Å². The number of hydrogen-bond donors (Lipinski definition) is 1. The number of nitrogens with zero attached hydrogens (tertiary/aromatic N) is 1. The van der Waals surface area contributed by atoms with Crippen molar-refractivity contribution in [2.24, 2.45) is 5.92 Å². The summed E-state index contributed by atoms with van der Waals surface area (Å²) in [6.45, 7) is 1.41. The second kappa shape index (κ2) is 5.62. The number of carboxylic acid groups (broad SMARTS) is 1. The predicted molar refractivity (Wildman–Crippen MR) is 72.2 cm³/mol. The molecule has 1 aliphatic carbocycles. The highest BCUT2D eigenvalue weighted by molar-refractivity contribution is 5.87. The molecule has 1 aromatic rings. The molecule has 22 heavy (non-hydrogen) atoms. The third-order valence-electron chi connectivity index (χ3n) is 4.06. The number of likely N-dealkylation sites (N-methyl/N-ethyl adjacent to an activating group) is 1. The summed E-state index contributed by atoms with van der Waals surface area (Å²) in [4.78, 5) is 24.2. The lowest BCUT2D eigenvalue weighted by molar-refractivity contribution is -0.148. The average Bonchev–Trinajstić information content (AvgIpc) is 3.24. The Balaban J connectivity index is 2.03. The Hall–Kier alpha value is -2.05. The molecule has 0 spiro atoms. The maximum atomic E-state index is 12.5. The summed E-state index contributed by atoms with van der Waals surface area (Å²) >= 11 is 0. The van der Waals surface area contributed by atoms with E-state index in [0.29, 0.717) is 12.0 Å². The second-order valence-electron chi connectivity index (χ2n) is 5.53. The molecule has 120 valence electrons. The van der Waals surface area contributed by atoms with Gasteiger partial charge in [0.05, 0.1) is 5.56 Å². The van der Waals surface area contributed by atoms with E-state index in [4.69, 9.17) is 5.11 Å². The van der Waals surface area contributed by atoms with E-state index in [2.05, 4.69) is 0 Å². The first-order chi connectivity index (χ1) is 10.1. The fourth-order valence-corrected chi connectivity index (χ4v) is 2.37. The van der Waals surface area contributed by atoms with Crippen molar-refractivity contribution in [1.29, 1.82) is 0 Å². The Morgan fingerprint density at radius 1 is 1.27 bits per heavy atom. The maximum Gasteiger partial charge on any atom is 0.416 e. The van der Waals surface area contributed by atoms with Crippen molar-refractivity contribution >= 4 is 11.9 Å². The molecule has 0 heterocycles. The van der Waals surface area contributed by atoms with Crippen LogP contribution in [0, 0.1) is 5.92 Å². The molecule has 1 aromatic carbocycles. The van der Waals surface area contributed by atoms with Crippen molar-refractivity contribution in [3.05, 3.63) is 35.4 Å². The molecule has 1 aliphatic rings. The number of amides is 1. The summed E-state index contributed by atoms with van der Waals surface area (Å²) in [5.41, 5.74) is -0.0564. The third-order valence-corrected chi connectivity index (χ3v) is 4.06. The first-order valence-electron chi connectivity index (χ1n) is 6.79. The van der Waals surface area contributed by atoms with Gasteiger partial charge in [-0.05, 0) is 37.0 Å². The molecule has 2 rings (SSSR count). The normalized spacial score (nSPS) is 22.0. The number of hydrogen-bond acceptors (Lipinski definition) is 2. The van der Waals surface area contributed by atoms with E-state index < -0.39 is 23.8 Å². The Morgan fingerprint density at radius 2 is 1.82 bits per heavy atom. The highest BCUT2D eigenvalue weighted by atomic mass is 19.4. The van der Waals surface area contributed by atoms with Crippen LogP contribution in [0.1, 0.15) is 30.4 Å². The standard InChI is InChI=1S/C15H16F3NO3/c1-8(14(21)22)19(2)13(20)12-7-11(12)9-3-5-10(6-4-9)15(16,17)18/h3-6,8,11-12H,7H2,1-2H3,(H,21,22). The molecule has 0 aromatic heterocycles. The fraction of sp³-hybridized carbons (Fsp3) is 0.467. The van der Waals surface area contributed by atoms with Gasteiger partial charge in [0, 0.05) is 13.0 Å². The van der Waals surface area contributed by atoms with Gasteiger partial charge in [0.1, 0.15) is 6.04 Å². The quantitative estimate of drug-likeness (QED) is 0.929. The average molecular weight is 315 g/mol. The van der Waals surface area contributed by atoms with Gasteiger partial charge in [0.2, 0.25) is 5.91 Å². The van der Waals surface area contributed by atoms with Gasteiger partial charge < -0.3 is 10.0 Å². The summed E-state index contributed by atoms with van der Waals surface area (Å²) < 4.78 is 37.5. The molecule has 3 unspecified atom stereocenters. The highest BCUT2D eigenvalue weighted by Crippen LogP contribution is 2.48. The molecule has 0 saturated heterocycles. The molecular weight excluding hydrogens is 299 g/mol. The number of alkyl halides is 3. The lowest BCUT2D eigenvalue weighted by atomic mass is 10.1. The van der Waals surface area contributed by atoms with Crippen molar-refractivity contribution < 1.29 is 27.9 Å². The fourth-order valence-electron chi connectivity index (χ4n) is 2.37. The zero-order valence-corrected chi connectivity index (χ0v) is 12.1. The molecule has 0 aliphatic heterocycles. The molecule has 1 fully saturated rings. The molecule has 0 bridgehead atoms. The van der Waals surface area contributed by atoms with Crippen molar-refractivity contribution in [2.45, 2.75) is 31.5 Å². The van der Waals surface area contributed by atoms with Crippen molar-refractivity contribution in [2.75, 3.05) is 7.05 Å². The van der Waals surface area contributed by atoms with Crippen LogP contribution in [0.4, 0.5) is 13.2 Å². The topological polar surface area (TPSA) is 57.6 Å². The summed E-state index contributed by atoms with van der Waals surface area (Å²) in [5, 5.41) is 8.89. The van der Waals surface area contributed by atoms with E-state index in [1.165, 1.54) is 26.1 Å². The zero-order valence-electron chi connectivity index (χ0n) is 12.1. The summed E-state index contributed by atoms with van der Waals surface area (Å²) in [5.74, 6) is -1.89. The van der Waals surface area contributed by atoms with Crippen molar-refractivity contribution in [1.82, 2.24) is 4.90 Å². The third kappa shape index (κ3) is 3.23. The highest BCUT2D eigenvalue weighted by Gasteiger charge is 2.46. The molecular formula is C15H16F3NO3. The van der Waals surface area contributed by atoms with Gasteiger partial charge in [-0.3, -0.25) is 4.79 Å². The van der Waals surface area contributed by atoms with E-state index >= 15 is 0 Å². The monoisotopic (exact) mass is 315 g/mol. The van der Waals surface area contributed by atoms with Gasteiger partial charge in [-0.2, -0.15) is 13.2 Å². The van der Waals surface area contributed by atoms with Crippen LogP contribution in [-0.2, 0) is 15.8 Å². The van der Waals surface area contributed by atoms with E-state index in [1.807, 2.05) is 0 Å². The van der Waals surface area contributed by atoms with Gasteiger partial charge in [-0.25, -0.2) is 4.79 Å². The molecule has 0 radical (unpaired) electrons. The van der Waals surface area contributed by atoms with E-state index in [0.717, 1.165) is 17.0 Å². The van der Waals surface area contributed by atoms with Gasteiger partial charge in [-0.1, -0.05) is 12.1 Å². The van der Waals surface area contributed by atoms with Crippen LogP contribution in [-0.4, -0.2) is 35.0 Å². The first kappa shape index (κ1) is 16.3.